The van der Waals surface area contributed by atoms with Crippen molar-refractivity contribution in [3.05, 3.63) is 70.9 Å². The zero-order valence-corrected chi connectivity index (χ0v) is 17.2. The fourth-order valence-corrected chi connectivity index (χ4v) is 3.08. The van der Waals surface area contributed by atoms with E-state index >= 15 is 0 Å². The number of nitrogens with two attached hydrogens (primary N) is 1. The van der Waals surface area contributed by atoms with E-state index in [0.29, 0.717) is 42.2 Å². The normalized spacial score (nSPS) is 10.4. The van der Waals surface area contributed by atoms with Gasteiger partial charge in [0, 0.05) is 6.54 Å². The standard InChI is InChI=1S/C23H25N5O2/c1-16-10-11-17(2)21(13-16)30-15-22(29)26-12-6-9-20-19(14-24)23(25)28(27-20)18-7-4-3-5-8-18/h3-5,7-8,10-11,13H,6,9,12,15,25H2,1-2H3,(H,26,29). The molecular formula is C23H25N5O2. The molecule has 0 bridgehead atoms. The number of nitrogens with one attached hydrogen (secondary N) is 1. The number of nitriles is 1. The van der Waals surface area contributed by atoms with Crippen LogP contribution in [0.25, 0.3) is 5.69 Å². The average molecular weight is 403 g/mol. The Morgan fingerprint density at radius 1 is 1.23 bits per heavy atom. The van der Waals surface area contributed by atoms with Gasteiger partial charge < -0.3 is 15.8 Å². The van der Waals surface area contributed by atoms with Crippen LogP contribution in [0.1, 0.15) is 28.8 Å². The molecule has 154 valence electrons. The van der Waals surface area contributed by atoms with Crippen LogP contribution in [0.3, 0.4) is 0 Å². The molecule has 0 radical (unpaired) electrons. The Bertz CT molecular complexity index is 1070. The first kappa shape index (κ1) is 20.9. The number of hydrogen-bond donors (Lipinski definition) is 2. The van der Waals surface area contributed by atoms with Crippen molar-refractivity contribution in [3.63, 3.8) is 0 Å². The monoisotopic (exact) mass is 403 g/mol. The van der Waals surface area contributed by atoms with Gasteiger partial charge in [-0.2, -0.15) is 10.4 Å². The summed E-state index contributed by atoms with van der Waals surface area (Å²) < 4.78 is 7.19. The SMILES string of the molecule is Cc1ccc(C)c(OCC(=O)NCCCc2nn(-c3ccccc3)c(N)c2C#N)c1. The van der Waals surface area contributed by atoms with Gasteiger partial charge in [-0.05, 0) is 56.0 Å². The van der Waals surface area contributed by atoms with Crippen LogP contribution in [0.5, 0.6) is 5.75 Å². The highest BCUT2D eigenvalue weighted by Gasteiger charge is 2.16. The molecule has 1 amide bonds. The lowest BCUT2D eigenvalue weighted by molar-refractivity contribution is -0.123. The van der Waals surface area contributed by atoms with E-state index in [4.69, 9.17) is 10.5 Å². The lowest BCUT2D eigenvalue weighted by atomic mass is 10.1. The summed E-state index contributed by atoms with van der Waals surface area (Å²) in [6.07, 6.45) is 1.17. The third-order valence-electron chi connectivity index (χ3n) is 4.72. The van der Waals surface area contributed by atoms with Gasteiger partial charge in [0.1, 0.15) is 23.2 Å². The van der Waals surface area contributed by atoms with Gasteiger partial charge in [0.2, 0.25) is 0 Å². The molecule has 7 heteroatoms. The van der Waals surface area contributed by atoms with E-state index in [1.54, 1.807) is 4.68 Å². The van der Waals surface area contributed by atoms with Crippen molar-refractivity contribution in [3.8, 4) is 17.5 Å². The second-order valence-corrected chi connectivity index (χ2v) is 7.08. The van der Waals surface area contributed by atoms with Crippen molar-refractivity contribution >= 4 is 11.7 Å². The molecule has 1 aromatic heterocycles. The molecule has 3 rings (SSSR count). The molecule has 0 fully saturated rings. The number of amides is 1. The maximum Gasteiger partial charge on any atom is 0.257 e. The minimum Gasteiger partial charge on any atom is -0.483 e. The summed E-state index contributed by atoms with van der Waals surface area (Å²) in [6.45, 7) is 4.34. The summed E-state index contributed by atoms with van der Waals surface area (Å²) in [5.41, 5.74) is 9.98. The molecule has 0 saturated heterocycles. The van der Waals surface area contributed by atoms with Crippen LogP contribution < -0.4 is 15.8 Å². The first-order valence-corrected chi connectivity index (χ1v) is 9.79. The van der Waals surface area contributed by atoms with Crippen molar-refractivity contribution < 1.29 is 9.53 Å². The van der Waals surface area contributed by atoms with Crippen molar-refractivity contribution in [1.29, 1.82) is 5.26 Å². The zero-order chi connectivity index (χ0) is 21.5. The topological polar surface area (TPSA) is 106 Å². The Hall–Kier alpha value is -3.79. The fraction of sp³-hybridized carbons (Fsp3) is 0.261. The highest BCUT2D eigenvalue weighted by Crippen LogP contribution is 2.21. The minimum absolute atomic E-state index is 0.0384. The zero-order valence-electron chi connectivity index (χ0n) is 17.2. The summed E-state index contributed by atoms with van der Waals surface area (Å²) in [7, 11) is 0. The fourth-order valence-electron chi connectivity index (χ4n) is 3.08. The van der Waals surface area contributed by atoms with E-state index in [-0.39, 0.29) is 12.5 Å². The second-order valence-electron chi connectivity index (χ2n) is 7.08. The van der Waals surface area contributed by atoms with E-state index in [1.165, 1.54) is 0 Å². The molecule has 30 heavy (non-hydrogen) atoms. The second kappa shape index (κ2) is 9.61. The smallest absolute Gasteiger partial charge is 0.257 e. The Kier molecular flexibility index (Phi) is 6.71. The third kappa shape index (κ3) is 4.97. The van der Waals surface area contributed by atoms with E-state index in [1.807, 2.05) is 62.4 Å². The quantitative estimate of drug-likeness (QED) is 0.562. The van der Waals surface area contributed by atoms with Crippen molar-refractivity contribution in [2.45, 2.75) is 26.7 Å². The Morgan fingerprint density at radius 2 is 2.00 bits per heavy atom. The van der Waals surface area contributed by atoms with Crippen LogP contribution in [0.15, 0.2) is 48.5 Å². The maximum atomic E-state index is 12.1. The van der Waals surface area contributed by atoms with Crippen LogP contribution in [-0.2, 0) is 11.2 Å². The molecule has 0 aliphatic heterocycles. The first-order valence-electron chi connectivity index (χ1n) is 9.79. The van der Waals surface area contributed by atoms with Crippen molar-refractivity contribution in [2.75, 3.05) is 18.9 Å². The number of nitrogen functional groups attached to an aromatic ring is 1. The number of nitrogens with zero attached hydrogens (tertiary/aromatic N) is 3. The molecule has 0 aliphatic carbocycles. The van der Waals surface area contributed by atoms with Gasteiger partial charge in [-0.3, -0.25) is 4.79 Å². The van der Waals surface area contributed by atoms with Gasteiger partial charge in [-0.25, -0.2) is 4.68 Å². The number of para-hydroxylation sites is 1. The summed E-state index contributed by atoms with van der Waals surface area (Å²) in [4.78, 5) is 12.1. The number of anilines is 1. The molecule has 2 aromatic carbocycles. The number of ether oxygens (including phenoxy) is 1. The van der Waals surface area contributed by atoms with Gasteiger partial charge >= 0.3 is 0 Å². The number of hydrogen-bond acceptors (Lipinski definition) is 5. The number of aryl methyl sites for hydroxylation is 3. The lowest BCUT2D eigenvalue weighted by Gasteiger charge is -2.10. The molecule has 7 nitrogen and oxygen atoms in total. The van der Waals surface area contributed by atoms with E-state index in [9.17, 15) is 10.1 Å². The number of benzene rings is 2. The Balaban J connectivity index is 1.51. The van der Waals surface area contributed by atoms with Gasteiger partial charge in [-0.1, -0.05) is 30.3 Å². The minimum atomic E-state index is -0.189. The maximum absolute atomic E-state index is 12.1. The predicted octanol–water partition coefficient (Wildman–Crippen LogP) is 3.07. The summed E-state index contributed by atoms with van der Waals surface area (Å²) in [5.74, 6) is 0.848. The first-order chi connectivity index (χ1) is 14.5. The highest BCUT2D eigenvalue weighted by molar-refractivity contribution is 5.77. The molecule has 3 N–H and O–H groups in total. The van der Waals surface area contributed by atoms with Crippen LogP contribution in [-0.4, -0.2) is 28.8 Å². The van der Waals surface area contributed by atoms with E-state index in [0.717, 1.165) is 16.8 Å². The molecule has 0 spiro atoms. The van der Waals surface area contributed by atoms with Crippen LogP contribution in [0.4, 0.5) is 5.82 Å². The molecular weight excluding hydrogens is 378 g/mol. The van der Waals surface area contributed by atoms with Gasteiger partial charge in [0.15, 0.2) is 6.61 Å². The molecule has 0 atom stereocenters. The molecule has 0 unspecified atom stereocenters. The predicted molar refractivity (Wildman–Crippen MR) is 115 cm³/mol. The van der Waals surface area contributed by atoms with E-state index in [2.05, 4.69) is 16.5 Å². The van der Waals surface area contributed by atoms with Crippen LogP contribution in [0, 0.1) is 25.2 Å². The highest BCUT2D eigenvalue weighted by atomic mass is 16.5. The van der Waals surface area contributed by atoms with Crippen molar-refractivity contribution in [1.82, 2.24) is 15.1 Å². The van der Waals surface area contributed by atoms with Gasteiger partial charge in [0.05, 0.1) is 11.4 Å². The van der Waals surface area contributed by atoms with Crippen LogP contribution in [0.2, 0.25) is 0 Å². The molecule has 0 saturated carbocycles. The average Bonchev–Trinajstić information content (AvgIpc) is 3.07. The number of carbonyl (C=O) groups is 1. The van der Waals surface area contributed by atoms with Gasteiger partial charge in [0.25, 0.3) is 5.91 Å². The molecule has 0 aliphatic rings. The third-order valence-corrected chi connectivity index (χ3v) is 4.72. The lowest BCUT2D eigenvalue weighted by Crippen LogP contribution is -2.30. The largest absolute Gasteiger partial charge is 0.483 e. The number of carbonyl (C=O) groups excluding carboxylic acids is 1. The summed E-state index contributed by atoms with van der Waals surface area (Å²) >= 11 is 0. The van der Waals surface area contributed by atoms with Crippen LogP contribution >= 0.6 is 0 Å². The van der Waals surface area contributed by atoms with E-state index < -0.39 is 0 Å². The number of aromatic nitrogens is 2. The van der Waals surface area contributed by atoms with Gasteiger partial charge in [-0.15, -0.1) is 0 Å². The van der Waals surface area contributed by atoms with Crippen molar-refractivity contribution in [2.24, 2.45) is 0 Å². The molecule has 1 heterocycles. The Labute approximate surface area is 176 Å². The number of rotatable bonds is 8. The summed E-state index contributed by atoms with van der Waals surface area (Å²) in [5, 5.41) is 16.8. The molecule has 3 aromatic rings. The Morgan fingerprint density at radius 3 is 2.73 bits per heavy atom. The summed E-state index contributed by atoms with van der Waals surface area (Å²) in [6, 6.07) is 17.5.